The maximum absolute atomic E-state index is 13.3. The molecule has 0 spiro atoms. The summed E-state index contributed by atoms with van der Waals surface area (Å²) >= 11 is 0. The Morgan fingerprint density at radius 2 is 1.56 bits per heavy atom. The molecule has 3 aromatic rings. The number of esters is 1. The summed E-state index contributed by atoms with van der Waals surface area (Å²) < 4.78 is 6.73. The van der Waals surface area contributed by atoms with Crippen LogP contribution in [0.1, 0.15) is 27.3 Å². The van der Waals surface area contributed by atoms with Crippen molar-refractivity contribution in [3.05, 3.63) is 88.8 Å². The molecule has 0 bridgehead atoms. The Kier molecular flexibility index (Phi) is 5.89. The third kappa shape index (κ3) is 3.79. The molecule has 1 aliphatic rings. The monoisotopic (exact) mass is 457 g/mol. The number of likely N-dealkylation sites (N-methyl/N-ethyl adjacent to an activating group) is 1. The van der Waals surface area contributed by atoms with E-state index in [-0.39, 0.29) is 5.57 Å². The predicted molar refractivity (Wildman–Crippen MR) is 127 cm³/mol. The number of methoxy groups -OCH3 is 1. The highest BCUT2D eigenvalue weighted by molar-refractivity contribution is 6.39. The van der Waals surface area contributed by atoms with Gasteiger partial charge in [-0.05, 0) is 61.9 Å². The highest BCUT2D eigenvalue weighted by atomic mass is 16.5. The number of aryl methyl sites for hydroxylation is 1. The Bertz CT molecular complexity index is 1350. The van der Waals surface area contributed by atoms with Gasteiger partial charge in [-0.3, -0.25) is 14.5 Å². The number of para-hydroxylation sites is 1. The van der Waals surface area contributed by atoms with Gasteiger partial charge in [0, 0.05) is 24.1 Å². The molecular formula is C26H23N3O5. The highest BCUT2D eigenvalue weighted by Gasteiger charge is 2.41. The van der Waals surface area contributed by atoms with Gasteiger partial charge in [-0.2, -0.15) is 0 Å². The van der Waals surface area contributed by atoms with Crippen molar-refractivity contribution < 1.29 is 23.9 Å². The van der Waals surface area contributed by atoms with Crippen molar-refractivity contribution in [3.63, 3.8) is 0 Å². The molecule has 172 valence electrons. The number of amides is 4. The van der Waals surface area contributed by atoms with E-state index < -0.39 is 23.8 Å². The summed E-state index contributed by atoms with van der Waals surface area (Å²) in [4.78, 5) is 52.7. The van der Waals surface area contributed by atoms with Crippen LogP contribution >= 0.6 is 0 Å². The SMILES string of the molecule is COC(=O)c1cccc(-n2c(C)cc(/C=C3\C(=O)N(C)C(=O)N(c4ccccc4)C3=O)c2C)c1. The molecule has 1 fully saturated rings. The lowest BCUT2D eigenvalue weighted by Gasteiger charge is -2.31. The number of imide groups is 2. The van der Waals surface area contributed by atoms with Crippen LogP contribution in [0.5, 0.6) is 0 Å². The molecule has 8 nitrogen and oxygen atoms in total. The van der Waals surface area contributed by atoms with Gasteiger partial charge in [-0.1, -0.05) is 24.3 Å². The minimum Gasteiger partial charge on any atom is -0.465 e. The van der Waals surface area contributed by atoms with Gasteiger partial charge in [0.05, 0.1) is 18.4 Å². The Hall–Kier alpha value is -4.46. The maximum atomic E-state index is 13.3. The van der Waals surface area contributed by atoms with Gasteiger partial charge in [0.2, 0.25) is 0 Å². The number of carbonyl (C=O) groups is 4. The fraction of sp³-hybridized carbons (Fsp3) is 0.154. The Labute approximate surface area is 196 Å². The highest BCUT2D eigenvalue weighted by Crippen LogP contribution is 2.28. The number of aromatic nitrogens is 1. The van der Waals surface area contributed by atoms with Gasteiger partial charge in [-0.15, -0.1) is 0 Å². The van der Waals surface area contributed by atoms with Crippen LogP contribution in [0, 0.1) is 13.8 Å². The average Bonchev–Trinajstić information content (AvgIpc) is 3.13. The van der Waals surface area contributed by atoms with Crippen LogP contribution in [0.4, 0.5) is 10.5 Å². The minimum atomic E-state index is -0.705. The van der Waals surface area contributed by atoms with E-state index in [1.165, 1.54) is 20.2 Å². The van der Waals surface area contributed by atoms with Crippen molar-refractivity contribution in [2.24, 2.45) is 0 Å². The molecule has 4 rings (SSSR count). The molecule has 1 aliphatic heterocycles. The molecule has 1 aromatic heterocycles. The molecule has 0 unspecified atom stereocenters. The zero-order valence-electron chi connectivity index (χ0n) is 19.2. The predicted octanol–water partition coefficient (Wildman–Crippen LogP) is 3.89. The number of carbonyl (C=O) groups excluding carboxylic acids is 4. The molecule has 0 N–H and O–H groups in total. The van der Waals surface area contributed by atoms with Crippen molar-refractivity contribution >= 4 is 35.6 Å². The van der Waals surface area contributed by atoms with Crippen LogP contribution in [0.25, 0.3) is 11.8 Å². The number of hydrogen-bond donors (Lipinski definition) is 0. The number of benzene rings is 2. The fourth-order valence-electron chi connectivity index (χ4n) is 4.02. The summed E-state index contributed by atoms with van der Waals surface area (Å²) in [6, 6.07) is 16.6. The van der Waals surface area contributed by atoms with Gasteiger partial charge in [0.25, 0.3) is 11.8 Å². The van der Waals surface area contributed by atoms with Gasteiger partial charge in [0.1, 0.15) is 5.57 Å². The number of hydrogen-bond acceptors (Lipinski definition) is 5. The zero-order chi connectivity index (χ0) is 24.6. The lowest BCUT2D eigenvalue weighted by atomic mass is 10.1. The summed E-state index contributed by atoms with van der Waals surface area (Å²) in [7, 11) is 2.67. The first-order valence-corrected chi connectivity index (χ1v) is 10.6. The minimum absolute atomic E-state index is 0.116. The van der Waals surface area contributed by atoms with Crippen molar-refractivity contribution in [1.29, 1.82) is 0 Å². The van der Waals surface area contributed by atoms with Crippen LogP contribution in [0.3, 0.4) is 0 Å². The largest absolute Gasteiger partial charge is 0.465 e. The third-order valence-corrected chi connectivity index (χ3v) is 5.76. The third-order valence-electron chi connectivity index (χ3n) is 5.76. The molecule has 8 heteroatoms. The van der Waals surface area contributed by atoms with E-state index in [9.17, 15) is 19.2 Å². The topological polar surface area (TPSA) is 88.9 Å². The van der Waals surface area contributed by atoms with E-state index >= 15 is 0 Å². The average molecular weight is 457 g/mol. The molecule has 0 atom stereocenters. The molecule has 1 saturated heterocycles. The van der Waals surface area contributed by atoms with Crippen LogP contribution in [0.2, 0.25) is 0 Å². The van der Waals surface area contributed by atoms with Gasteiger partial charge in [-0.25, -0.2) is 14.5 Å². The summed E-state index contributed by atoms with van der Waals surface area (Å²) in [5.74, 6) is -1.80. The number of anilines is 1. The van der Waals surface area contributed by atoms with E-state index in [0.29, 0.717) is 16.8 Å². The van der Waals surface area contributed by atoms with Gasteiger partial charge in [0.15, 0.2) is 0 Å². The first-order chi connectivity index (χ1) is 16.2. The fourth-order valence-corrected chi connectivity index (χ4v) is 4.02. The number of barbiturate groups is 1. The Morgan fingerprint density at radius 3 is 2.24 bits per heavy atom. The van der Waals surface area contributed by atoms with Crippen LogP contribution in [-0.2, 0) is 14.3 Å². The number of nitrogens with zero attached hydrogens (tertiary/aromatic N) is 3. The number of ether oxygens (including phenoxy) is 1. The van der Waals surface area contributed by atoms with Crippen molar-refractivity contribution in [2.75, 3.05) is 19.1 Å². The lowest BCUT2D eigenvalue weighted by molar-refractivity contribution is -0.128. The number of rotatable bonds is 4. The Morgan fingerprint density at radius 1 is 0.882 bits per heavy atom. The first-order valence-electron chi connectivity index (χ1n) is 10.6. The Balaban J connectivity index is 1.79. The van der Waals surface area contributed by atoms with Crippen molar-refractivity contribution in [1.82, 2.24) is 9.47 Å². The molecule has 2 heterocycles. The molecule has 4 amide bonds. The van der Waals surface area contributed by atoms with E-state index in [0.717, 1.165) is 26.9 Å². The summed E-state index contributed by atoms with van der Waals surface area (Å²) in [6.07, 6.45) is 1.51. The smallest absolute Gasteiger partial charge is 0.338 e. The zero-order valence-corrected chi connectivity index (χ0v) is 19.2. The molecular weight excluding hydrogens is 434 g/mol. The van der Waals surface area contributed by atoms with Crippen molar-refractivity contribution in [2.45, 2.75) is 13.8 Å². The van der Waals surface area contributed by atoms with Gasteiger partial charge >= 0.3 is 12.0 Å². The standard InChI is InChI=1S/C26H23N3O5/c1-16-13-19(17(2)28(16)21-12-8-9-18(14-21)25(32)34-4)15-22-23(30)27(3)26(33)29(24(22)31)20-10-6-5-7-11-20/h5-15H,1-4H3/b22-15+. The molecule has 0 saturated carbocycles. The molecule has 0 aliphatic carbocycles. The second kappa shape index (κ2) is 8.82. The quantitative estimate of drug-likeness (QED) is 0.337. The summed E-state index contributed by atoms with van der Waals surface area (Å²) in [5, 5.41) is 0. The van der Waals surface area contributed by atoms with Crippen LogP contribution in [-0.4, -0.2) is 47.4 Å². The summed E-state index contributed by atoms with van der Waals surface area (Å²) in [5.41, 5.74) is 3.66. The van der Waals surface area contributed by atoms with Crippen LogP contribution in [0.15, 0.2) is 66.2 Å². The van der Waals surface area contributed by atoms with E-state index in [4.69, 9.17) is 4.74 Å². The maximum Gasteiger partial charge on any atom is 0.338 e. The lowest BCUT2D eigenvalue weighted by Crippen LogP contribution is -2.55. The second-order valence-corrected chi connectivity index (χ2v) is 7.88. The van der Waals surface area contributed by atoms with Crippen LogP contribution < -0.4 is 4.90 Å². The van der Waals surface area contributed by atoms with E-state index in [1.54, 1.807) is 48.5 Å². The molecule has 0 radical (unpaired) electrons. The normalized spacial score (nSPS) is 15.3. The van der Waals surface area contributed by atoms with E-state index in [1.807, 2.05) is 30.5 Å². The van der Waals surface area contributed by atoms with Crippen molar-refractivity contribution in [3.8, 4) is 5.69 Å². The molecule has 2 aromatic carbocycles. The first kappa shape index (κ1) is 22.7. The number of urea groups is 1. The second-order valence-electron chi connectivity index (χ2n) is 7.88. The van der Waals surface area contributed by atoms with Gasteiger partial charge < -0.3 is 9.30 Å². The van der Waals surface area contributed by atoms with E-state index in [2.05, 4.69) is 0 Å². The summed E-state index contributed by atoms with van der Waals surface area (Å²) in [6.45, 7) is 3.74. The molecule has 34 heavy (non-hydrogen) atoms.